The summed E-state index contributed by atoms with van der Waals surface area (Å²) in [5.41, 5.74) is 7.96. The SMILES string of the molecule is NCc1ccccc1Cc1nc(-c2cccs2)no1. The minimum Gasteiger partial charge on any atom is -0.339 e. The van der Waals surface area contributed by atoms with Gasteiger partial charge in [0.1, 0.15) is 0 Å². The van der Waals surface area contributed by atoms with Crippen LogP contribution in [-0.2, 0) is 13.0 Å². The fraction of sp³-hybridized carbons (Fsp3) is 0.143. The van der Waals surface area contributed by atoms with Gasteiger partial charge in [-0.2, -0.15) is 4.98 Å². The maximum atomic E-state index is 5.72. The van der Waals surface area contributed by atoms with E-state index in [0.717, 1.165) is 16.0 Å². The van der Waals surface area contributed by atoms with Gasteiger partial charge in [-0.25, -0.2) is 0 Å². The Kier molecular flexibility index (Phi) is 3.39. The Balaban J connectivity index is 1.84. The zero-order chi connectivity index (χ0) is 13.1. The van der Waals surface area contributed by atoms with Gasteiger partial charge in [0, 0.05) is 6.54 Å². The zero-order valence-electron chi connectivity index (χ0n) is 10.2. The molecule has 5 heteroatoms. The second kappa shape index (κ2) is 5.34. The van der Waals surface area contributed by atoms with Crippen LogP contribution in [0.15, 0.2) is 46.3 Å². The predicted octanol–water partition coefficient (Wildman–Crippen LogP) is 2.85. The first-order chi connectivity index (χ1) is 9.36. The molecule has 2 heterocycles. The zero-order valence-corrected chi connectivity index (χ0v) is 11.1. The average Bonchev–Trinajstić information content (AvgIpc) is 3.09. The molecule has 0 radical (unpaired) electrons. The van der Waals surface area contributed by atoms with E-state index in [-0.39, 0.29) is 0 Å². The lowest BCUT2D eigenvalue weighted by Crippen LogP contribution is -2.02. The highest BCUT2D eigenvalue weighted by atomic mass is 32.1. The number of rotatable bonds is 4. The van der Waals surface area contributed by atoms with E-state index in [1.54, 1.807) is 11.3 Å². The molecular weight excluding hydrogens is 258 g/mol. The predicted molar refractivity (Wildman–Crippen MR) is 74.8 cm³/mol. The van der Waals surface area contributed by atoms with Crippen molar-refractivity contribution in [2.24, 2.45) is 5.73 Å². The van der Waals surface area contributed by atoms with Crippen LogP contribution >= 0.6 is 11.3 Å². The van der Waals surface area contributed by atoms with Crippen molar-refractivity contribution in [2.45, 2.75) is 13.0 Å². The van der Waals surface area contributed by atoms with Crippen molar-refractivity contribution in [3.8, 4) is 10.7 Å². The van der Waals surface area contributed by atoms with Gasteiger partial charge in [0.05, 0.1) is 11.3 Å². The number of aromatic nitrogens is 2. The number of thiophene rings is 1. The summed E-state index contributed by atoms with van der Waals surface area (Å²) in [6, 6.07) is 12.0. The summed E-state index contributed by atoms with van der Waals surface area (Å²) in [7, 11) is 0. The molecule has 0 spiro atoms. The maximum Gasteiger partial charge on any atom is 0.231 e. The molecule has 3 aromatic rings. The second-order valence-corrected chi connectivity index (χ2v) is 5.09. The number of hydrogen-bond acceptors (Lipinski definition) is 5. The molecule has 0 fully saturated rings. The molecule has 96 valence electrons. The third-order valence-corrected chi connectivity index (χ3v) is 3.76. The maximum absolute atomic E-state index is 5.72. The van der Waals surface area contributed by atoms with E-state index in [1.807, 2.05) is 41.8 Å². The summed E-state index contributed by atoms with van der Waals surface area (Å²) in [6.45, 7) is 0.516. The Bertz CT molecular complexity index is 661. The largest absolute Gasteiger partial charge is 0.339 e. The lowest BCUT2D eigenvalue weighted by atomic mass is 10.0. The summed E-state index contributed by atoms with van der Waals surface area (Å²) >= 11 is 1.60. The van der Waals surface area contributed by atoms with Gasteiger partial charge < -0.3 is 10.3 Å². The van der Waals surface area contributed by atoms with Crippen LogP contribution in [0.5, 0.6) is 0 Å². The first-order valence-corrected chi connectivity index (χ1v) is 6.88. The van der Waals surface area contributed by atoms with Gasteiger partial charge in [-0.15, -0.1) is 11.3 Å². The Morgan fingerprint density at radius 1 is 1.11 bits per heavy atom. The molecule has 0 aliphatic rings. The van der Waals surface area contributed by atoms with Crippen LogP contribution in [0.3, 0.4) is 0 Å². The molecule has 0 aliphatic carbocycles. The Hall–Kier alpha value is -1.98. The van der Waals surface area contributed by atoms with Crippen molar-refractivity contribution in [3.05, 3.63) is 58.8 Å². The molecule has 0 aliphatic heterocycles. The Morgan fingerprint density at radius 2 is 1.95 bits per heavy atom. The van der Waals surface area contributed by atoms with Crippen molar-refractivity contribution in [1.29, 1.82) is 0 Å². The number of benzene rings is 1. The summed E-state index contributed by atoms with van der Waals surface area (Å²) < 4.78 is 5.30. The highest BCUT2D eigenvalue weighted by molar-refractivity contribution is 7.13. The quantitative estimate of drug-likeness (QED) is 0.792. The van der Waals surface area contributed by atoms with Crippen LogP contribution in [0.1, 0.15) is 17.0 Å². The highest BCUT2D eigenvalue weighted by Gasteiger charge is 2.11. The smallest absolute Gasteiger partial charge is 0.231 e. The van der Waals surface area contributed by atoms with Crippen LogP contribution in [0.4, 0.5) is 0 Å². The van der Waals surface area contributed by atoms with Gasteiger partial charge in [0.15, 0.2) is 0 Å². The van der Waals surface area contributed by atoms with E-state index in [2.05, 4.69) is 10.1 Å². The minimum atomic E-state index is 0.516. The molecule has 3 rings (SSSR count). The van der Waals surface area contributed by atoms with Gasteiger partial charge in [-0.1, -0.05) is 35.5 Å². The monoisotopic (exact) mass is 271 g/mol. The lowest BCUT2D eigenvalue weighted by Gasteiger charge is -2.03. The topological polar surface area (TPSA) is 64.9 Å². The van der Waals surface area contributed by atoms with E-state index >= 15 is 0 Å². The molecule has 0 saturated heterocycles. The summed E-state index contributed by atoms with van der Waals surface area (Å²) in [6.07, 6.45) is 0.617. The van der Waals surface area contributed by atoms with Crippen LogP contribution in [0, 0.1) is 0 Å². The molecule has 0 saturated carbocycles. The molecular formula is C14H13N3OS. The van der Waals surface area contributed by atoms with Crippen molar-refractivity contribution in [2.75, 3.05) is 0 Å². The van der Waals surface area contributed by atoms with Crippen molar-refractivity contribution < 1.29 is 4.52 Å². The third-order valence-electron chi connectivity index (χ3n) is 2.89. The molecule has 0 unspecified atom stereocenters. The second-order valence-electron chi connectivity index (χ2n) is 4.14. The third kappa shape index (κ3) is 2.57. The molecule has 0 atom stereocenters. The first kappa shape index (κ1) is 12.1. The van der Waals surface area contributed by atoms with Gasteiger partial charge in [0.2, 0.25) is 11.7 Å². The molecule has 2 aromatic heterocycles. The van der Waals surface area contributed by atoms with Crippen LogP contribution in [-0.4, -0.2) is 10.1 Å². The standard InChI is InChI=1S/C14H13N3OS/c15-9-11-5-2-1-4-10(11)8-13-16-14(17-18-13)12-6-3-7-19-12/h1-7H,8-9,15H2. The van der Waals surface area contributed by atoms with Crippen molar-refractivity contribution in [1.82, 2.24) is 10.1 Å². The van der Waals surface area contributed by atoms with Crippen LogP contribution in [0.25, 0.3) is 10.7 Å². The fourth-order valence-corrected chi connectivity index (χ4v) is 2.57. The van der Waals surface area contributed by atoms with Gasteiger partial charge in [-0.05, 0) is 22.6 Å². The molecule has 0 amide bonds. The minimum absolute atomic E-state index is 0.516. The number of nitrogens with two attached hydrogens (primary N) is 1. The van der Waals surface area contributed by atoms with E-state index in [1.165, 1.54) is 0 Å². The van der Waals surface area contributed by atoms with Crippen LogP contribution < -0.4 is 5.73 Å². The van der Waals surface area contributed by atoms with E-state index in [4.69, 9.17) is 10.3 Å². The van der Waals surface area contributed by atoms with Crippen molar-refractivity contribution >= 4 is 11.3 Å². The Labute approximate surface area is 114 Å². The fourth-order valence-electron chi connectivity index (χ4n) is 1.92. The number of nitrogens with zero attached hydrogens (tertiary/aromatic N) is 2. The summed E-state index contributed by atoms with van der Waals surface area (Å²) in [4.78, 5) is 5.43. The molecule has 1 aromatic carbocycles. The molecule has 4 nitrogen and oxygen atoms in total. The van der Waals surface area contributed by atoms with Crippen LogP contribution in [0.2, 0.25) is 0 Å². The van der Waals surface area contributed by atoms with E-state index in [0.29, 0.717) is 24.7 Å². The average molecular weight is 271 g/mol. The normalized spacial score (nSPS) is 10.8. The molecule has 2 N–H and O–H groups in total. The highest BCUT2D eigenvalue weighted by Crippen LogP contribution is 2.22. The van der Waals surface area contributed by atoms with Gasteiger partial charge in [0.25, 0.3) is 0 Å². The summed E-state index contributed by atoms with van der Waals surface area (Å²) in [5, 5.41) is 6.00. The molecule has 0 bridgehead atoms. The molecule has 19 heavy (non-hydrogen) atoms. The Morgan fingerprint density at radius 3 is 2.68 bits per heavy atom. The van der Waals surface area contributed by atoms with E-state index < -0.39 is 0 Å². The van der Waals surface area contributed by atoms with E-state index in [9.17, 15) is 0 Å². The van der Waals surface area contributed by atoms with Gasteiger partial charge in [-0.3, -0.25) is 0 Å². The number of hydrogen-bond donors (Lipinski definition) is 1. The van der Waals surface area contributed by atoms with Gasteiger partial charge >= 0.3 is 0 Å². The summed E-state index contributed by atoms with van der Waals surface area (Å²) in [5.74, 6) is 1.26. The first-order valence-electron chi connectivity index (χ1n) is 6.00. The lowest BCUT2D eigenvalue weighted by molar-refractivity contribution is 0.385. The van der Waals surface area contributed by atoms with Crippen molar-refractivity contribution in [3.63, 3.8) is 0 Å².